The summed E-state index contributed by atoms with van der Waals surface area (Å²) in [4.78, 5) is 26.0. The number of carbonyl (C=O) groups is 1. The first-order valence-corrected chi connectivity index (χ1v) is 8.52. The van der Waals surface area contributed by atoms with Crippen LogP contribution in [0, 0.1) is 0 Å². The highest BCUT2D eigenvalue weighted by Gasteiger charge is 2.08. The van der Waals surface area contributed by atoms with Crippen molar-refractivity contribution in [2.24, 2.45) is 0 Å². The number of hydrogen-bond acceptors (Lipinski definition) is 5. The highest BCUT2D eigenvalue weighted by molar-refractivity contribution is 5.78. The summed E-state index contributed by atoms with van der Waals surface area (Å²) in [5, 5.41) is 2.93. The number of aromatic amines is 1. The van der Waals surface area contributed by atoms with Crippen LogP contribution >= 0.6 is 0 Å². The van der Waals surface area contributed by atoms with Gasteiger partial charge >= 0.3 is 0 Å². The lowest BCUT2D eigenvalue weighted by molar-refractivity contribution is -0.122. The fourth-order valence-electron chi connectivity index (χ4n) is 2.73. The molecule has 0 radical (unpaired) electrons. The fraction of sp³-hybridized carbons (Fsp3) is 0.316. The molecule has 3 rings (SSSR count). The SMILES string of the molecule is COc1ccc2nc(CCNC(=O)CN(C)Cc3ccccn3)[nH]c2c1. The number of nitrogens with one attached hydrogen (secondary N) is 2. The van der Waals surface area contributed by atoms with E-state index in [1.54, 1.807) is 13.3 Å². The van der Waals surface area contributed by atoms with Gasteiger partial charge in [-0.25, -0.2) is 4.98 Å². The molecular formula is C19H23N5O2. The van der Waals surface area contributed by atoms with Crippen LogP contribution in [0.4, 0.5) is 0 Å². The topological polar surface area (TPSA) is 83.1 Å². The molecule has 0 aliphatic heterocycles. The number of hydrogen-bond donors (Lipinski definition) is 2. The van der Waals surface area contributed by atoms with Gasteiger partial charge in [-0.15, -0.1) is 0 Å². The van der Waals surface area contributed by atoms with Crippen molar-refractivity contribution in [3.8, 4) is 5.75 Å². The number of nitrogens with zero attached hydrogens (tertiary/aromatic N) is 3. The summed E-state index contributed by atoms with van der Waals surface area (Å²) in [5.74, 6) is 1.62. The predicted molar refractivity (Wildman–Crippen MR) is 99.9 cm³/mol. The number of likely N-dealkylation sites (N-methyl/N-ethyl adjacent to an activating group) is 1. The summed E-state index contributed by atoms with van der Waals surface area (Å²) in [6, 6.07) is 11.5. The van der Waals surface area contributed by atoms with Gasteiger partial charge < -0.3 is 15.0 Å². The molecule has 1 aromatic carbocycles. The lowest BCUT2D eigenvalue weighted by Gasteiger charge is -2.15. The van der Waals surface area contributed by atoms with Crippen molar-refractivity contribution in [1.29, 1.82) is 0 Å². The Labute approximate surface area is 152 Å². The maximum absolute atomic E-state index is 12.1. The molecule has 2 heterocycles. The summed E-state index contributed by atoms with van der Waals surface area (Å²) in [6.45, 7) is 1.50. The number of fused-ring (bicyclic) bond motifs is 1. The molecule has 1 amide bonds. The van der Waals surface area contributed by atoms with Crippen LogP contribution in [0.2, 0.25) is 0 Å². The van der Waals surface area contributed by atoms with Gasteiger partial charge in [-0.05, 0) is 31.3 Å². The Balaban J connectivity index is 1.44. The number of carbonyl (C=O) groups excluding carboxylic acids is 1. The van der Waals surface area contributed by atoms with E-state index in [1.165, 1.54) is 0 Å². The molecular weight excluding hydrogens is 330 g/mol. The molecule has 3 aromatic rings. The molecule has 0 spiro atoms. The van der Waals surface area contributed by atoms with E-state index in [-0.39, 0.29) is 5.91 Å². The van der Waals surface area contributed by atoms with Gasteiger partial charge in [-0.1, -0.05) is 6.07 Å². The number of imidazole rings is 1. The average molecular weight is 353 g/mol. The zero-order chi connectivity index (χ0) is 18.4. The van der Waals surface area contributed by atoms with E-state index >= 15 is 0 Å². The second-order valence-electron chi connectivity index (χ2n) is 6.16. The molecule has 7 heteroatoms. The summed E-state index contributed by atoms with van der Waals surface area (Å²) < 4.78 is 5.21. The van der Waals surface area contributed by atoms with Gasteiger partial charge in [0.2, 0.25) is 5.91 Å². The molecule has 0 saturated carbocycles. The Morgan fingerprint density at radius 2 is 2.19 bits per heavy atom. The Hall–Kier alpha value is -2.93. The quantitative estimate of drug-likeness (QED) is 0.645. The maximum atomic E-state index is 12.1. The minimum Gasteiger partial charge on any atom is -0.497 e. The largest absolute Gasteiger partial charge is 0.497 e. The number of amides is 1. The third-order valence-electron chi connectivity index (χ3n) is 3.99. The molecule has 0 bridgehead atoms. The molecule has 0 fully saturated rings. The molecule has 0 saturated heterocycles. The van der Waals surface area contributed by atoms with Crippen molar-refractivity contribution in [3.05, 3.63) is 54.1 Å². The number of rotatable bonds is 8. The van der Waals surface area contributed by atoms with Gasteiger partial charge in [0.25, 0.3) is 0 Å². The van der Waals surface area contributed by atoms with Crippen LogP contribution in [0.15, 0.2) is 42.6 Å². The molecule has 0 aliphatic carbocycles. The monoisotopic (exact) mass is 353 g/mol. The van der Waals surface area contributed by atoms with Crippen molar-refractivity contribution in [1.82, 2.24) is 25.2 Å². The van der Waals surface area contributed by atoms with Crippen LogP contribution in [0.1, 0.15) is 11.5 Å². The van der Waals surface area contributed by atoms with Gasteiger partial charge in [0.1, 0.15) is 11.6 Å². The highest BCUT2D eigenvalue weighted by Crippen LogP contribution is 2.18. The molecule has 136 valence electrons. The van der Waals surface area contributed by atoms with Gasteiger partial charge in [0.05, 0.1) is 30.4 Å². The van der Waals surface area contributed by atoms with E-state index in [4.69, 9.17) is 4.74 Å². The Bertz CT molecular complexity index is 863. The number of methoxy groups -OCH3 is 1. The number of ether oxygens (including phenoxy) is 1. The maximum Gasteiger partial charge on any atom is 0.234 e. The minimum atomic E-state index is -0.0128. The van der Waals surface area contributed by atoms with E-state index in [0.29, 0.717) is 26.1 Å². The van der Waals surface area contributed by atoms with Crippen molar-refractivity contribution < 1.29 is 9.53 Å². The Morgan fingerprint density at radius 1 is 1.31 bits per heavy atom. The Kier molecular flexibility index (Phi) is 5.80. The van der Waals surface area contributed by atoms with Crippen molar-refractivity contribution in [3.63, 3.8) is 0 Å². The van der Waals surface area contributed by atoms with Crippen LogP contribution in [0.3, 0.4) is 0 Å². The van der Waals surface area contributed by atoms with Gasteiger partial charge in [0, 0.05) is 31.8 Å². The van der Waals surface area contributed by atoms with E-state index in [2.05, 4.69) is 20.3 Å². The molecule has 7 nitrogen and oxygen atoms in total. The van der Waals surface area contributed by atoms with Crippen LogP contribution in [0.25, 0.3) is 11.0 Å². The summed E-state index contributed by atoms with van der Waals surface area (Å²) in [6.07, 6.45) is 2.40. The summed E-state index contributed by atoms with van der Waals surface area (Å²) in [7, 11) is 3.54. The normalized spacial score (nSPS) is 11.0. The third-order valence-corrected chi connectivity index (χ3v) is 3.99. The van der Waals surface area contributed by atoms with Crippen molar-refractivity contribution in [2.75, 3.05) is 27.2 Å². The van der Waals surface area contributed by atoms with Crippen LogP contribution in [0.5, 0.6) is 5.75 Å². The van der Waals surface area contributed by atoms with Gasteiger partial charge in [-0.3, -0.25) is 14.7 Å². The Morgan fingerprint density at radius 3 is 2.96 bits per heavy atom. The number of pyridine rings is 1. The first-order valence-electron chi connectivity index (χ1n) is 8.52. The van der Waals surface area contributed by atoms with Crippen molar-refractivity contribution >= 4 is 16.9 Å². The third kappa shape index (κ3) is 4.80. The molecule has 0 unspecified atom stereocenters. The predicted octanol–water partition coefficient (Wildman–Crippen LogP) is 1.76. The standard InChI is InChI=1S/C19H23N5O2/c1-24(12-14-5-3-4-9-20-14)13-19(25)21-10-8-18-22-16-7-6-15(26-2)11-17(16)23-18/h3-7,9,11H,8,10,12-13H2,1-2H3,(H,21,25)(H,22,23). The van der Waals surface area contributed by atoms with E-state index in [9.17, 15) is 4.79 Å². The fourth-order valence-corrected chi connectivity index (χ4v) is 2.73. The number of aromatic nitrogens is 3. The molecule has 2 aromatic heterocycles. The zero-order valence-corrected chi connectivity index (χ0v) is 15.0. The lowest BCUT2D eigenvalue weighted by atomic mass is 10.3. The number of H-pyrrole nitrogens is 1. The molecule has 0 aliphatic rings. The van der Waals surface area contributed by atoms with E-state index in [1.807, 2.05) is 48.3 Å². The van der Waals surface area contributed by atoms with Gasteiger partial charge in [0.15, 0.2) is 0 Å². The van der Waals surface area contributed by atoms with Crippen LogP contribution in [-0.2, 0) is 17.8 Å². The average Bonchev–Trinajstić information content (AvgIpc) is 3.04. The second kappa shape index (κ2) is 8.44. The zero-order valence-electron chi connectivity index (χ0n) is 15.0. The molecule has 26 heavy (non-hydrogen) atoms. The molecule has 0 atom stereocenters. The highest BCUT2D eigenvalue weighted by atomic mass is 16.5. The molecule has 2 N–H and O–H groups in total. The summed E-state index contributed by atoms with van der Waals surface area (Å²) >= 11 is 0. The first-order chi connectivity index (χ1) is 12.6. The first kappa shape index (κ1) is 17.9. The van der Waals surface area contributed by atoms with E-state index in [0.717, 1.165) is 28.3 Å². The van der Waals surface area contributed by atoms with Crippen molar-refractivity contribution in [2.45, 2.75) is 13.0 Å². The number of benzene rings is 1. The van der Waals surface area contributed by atoms with E-state index < -0.39 is 0 Å². The second-order valence-corrected chi connectivity index (χ2v) is 6.16. The van der Waals surface area contributed by atoms with Gasteiger partial charge in [-0.2, -0.15) is 0 Å². The van der Waals surface area contributed by atoms with Crippen LogP contribution < -0.4 is 10.1 Å². The summed E-state index contributed by atoms with van der Waals surface area (Å²) in [5.41, 5.74) is 2.77. The smallest absolute Gasteiger partial charge is 0.234 e. The lowest BCUT2D eigenvalue weighted by Crippen LogP contribution is -2.36. The van der Waals surface area contributed by atoms with Crippen LogP contribution in [-0.4, -0.2) is 53.0 Å². The minimum absolute atomic E-state index is 0.0128.